The number of carbonyl (C=O) groups is 1. The van der Waals surface area contributed by atoms with Gasteiger partial charge in [0.1, 0.15) is 4.21 Å². The van der Waals surface area contributed by atoms with Gasteiger partial charge in [0.25, 0.3) is 10.0 Å². The molecule has 2 aromatic carbocycles. The number of anilines is 1. The average molecular weight is 427 g/mol. The van der Waals surface area contributed by atoms with Gasteiger partial charge in [-0.05, 0) is 35.9 Å². The van der Waals surface area contributed by atoms with Gasteiger partial charge in [-0.15, -0.1) is 11.3 Å². The highest BCUT2D eigenvalue weighted by atomic mass is 32.2. The number of thiophene rings is 1. The van der Waals surface area contributed by atoms with Gasteiger partial charge < -0.3 is 5.32 Å². The van der Waals surface area contributed by atoms with E-state index >= 15 is 0 Å². The number of nitrogens with zero attached hydrogens (tertiary/aromatic N) is 1. The van der Waals surface area contributed by atoms with E-state index in [2.05, 4.69) is 5.32 Å². The maximum atomic E-state index is 13.0. The molecule has 1 unspecified atom stereocenters. The molecule has 1 amide bonds. The van der Waals surface area contributed by atoms with E-state index in [-0.39, 0.29) is 18.4 Å². The van der Waals surface area contributed by atoms with Crippen molar-refractivity contribution in [2.75, 3.05) is 18.4 Å². The van der Waals surface area contributed by atoms with Gasteiger partial charge in [0, 0.05) is 24.3 Å². The Kier molecular flexibility index (Phi) is 5.80. The van der Waals surface area contributed by atoms with Gasteiger partial charge in [-0.2, -0.15) is 4.31 Å². The Morgan fingerprint density at radius 3 is 2.52 bits per heavy atom. The van der Waals surface area contributed by atoms with E-state index in [1.165, 1.54) is 15.6 Å². The van der Waals surface area contributed by atoms with E-state index in [1.807, 2.05) is 54.6 Å². The number of hydrogen-bond acceptors (Lipinski definition) is 4. The zero-order chi connectivity index (χ0) is 20.3. The third kappa shape index (κ3) is 4.27. The van der Waals surface area contributed by atoms with Crippen molar-refractivity contribution in [3.05, 3.63) is 72.1 Å². The lowest BCUT2D eigenvalue weighted by Gasteiger charge is -2.31. The van der Waals surface area contributed by atoms with Gasteiger partial charge in [0.05, 0.1) is 5.92 Å². The summed E-state index contributed by atoms with van der Waals surface area (Å²) in [4.78, 5) is 13.0. The van der Waals surface area contributed by atoms with Crippen LogP contribution in [0, 0.1) is 5.92 Å². The fourth-order valence-corrected chi connectivity index (χ4v) is 6.28. The van der Waals surface area contributed by atoms with Gasteiger partial charge in [0.2, 0.25) is 5.91 Å². The van der Waals surface area contributed by atoms with Crippen molar-refractivity contribution >= 4 is 33.0 Å². The molecule has 7 heteroatoms. The maximum Gasteiger partial charge on any atom is 0.252 e. The van der Waals surface area contributed by atoms with Crippen LogP contribution in [0.15, 0.2) is 76.3 Å². The lowest BCUT2D eigenvalue weighted by atomic mass is 9.98. The minimum Gasteiger partial charge on any atom is -0.325 e. The van der Waals surface area contributed by atoms with E-state index in [4.69, 9.17) is 0 Å². The summed E-state index contributed by atoms with van der Waals surface area (Å²) in [7, 11) is -3.54. The molecule has 0 bridgehead atoms. The number of para-hydroxylation sites is 1. The highest BCUT2D eigenvalue weighted by Crippen LogP contribution is 2.30. The Bertz CT molecular complexity index is 1080. The first-order valence-corrected chi connectivity index (χ1v) is 11.9. The molecule has 2 heterocycles. The van der Waals surface area contributed by atoms with Gasteiger partial charge in [0.15, 0.2) is 0 Å². The third-order valence-corrected chi connectivity index (χ3v) is 8.35. The summed E-state index contributed by atoms with van der Waals surface area (Å²) in [6, 6.07) is 20.9. The summed E-state index contributed by atoms with van der Waals surface area (Å²) in [6.45, 7) is 0.657. The monoisotopic (exact) mass is 426 g/mol. The van der Waals surface area contributed by atoms with Crippen molar-refractivity contribution in [3.63, 3.8) is 0 Å². The minimum atomic E-state index is -3.54. The van der Waals surface area contributed by atoms with E-state index in [1.54, 1.807) is 17.5 Å². The number of piperidine rings is 1. The highest BCUT2D eigenvalue weighted by Gasteiger charge is 2.34. The maximum absolute atomic E-state index is 13.0. The normalized spacial score (nSPS) is 17.7. The predicted octanol–water partition coefficient (Wildman–Crippen LogP) is 4.45. The molecule has 3 aromatic rings. The lowest BCUT2D eigenvalue weighted by Crippen LogP contribution is -2.43. The quantitative estimate of drug-likeness (QED) is 0.655. The first kappa shape index (κ1) is 19.8. The van der Waals surface area contributed by atoms with Crippen LogP contribution in [0.4, 0.5) is 5.69 Å². The number of rotatable bonds is 5. The van der Waals surface area contributed by atoms with Gasteiger partial charge in [-0.25, -0.2) is 8.42 Å². The summed E-state index contributed by atoms with van der Waals surface area (Å²) < 4.78 is 27.4. The Morgan fingerprint density at radius 1 is 1.00 bits per heavy atom. The molecule has 1 N–H and O–H groups in total. The number of nitrogens with one attached hydrogen (secondary N) is 1. The molecule has 1 atom stereocenters. The summed E-state index contributed by atoms with van der Waals surface area (Å²) >= 11 is 1.21. The zero-order valence-electron chi connectivity index (χ0n) is 15.8. The molecule has 0 radical (unpaired) electrons. The number of carbonyl (C=O) groups excluding carboxylic acids is 1. The first-order valence-electron chi connectivity index (χ1n) is 9.54. The van der Waals surface area contributed by atoms with Crippen molar-refractivity contribution < 1.29 is 13.2 Å². The number of amides is 1. The van der Waals surface area contributed by atoms with Crippen LogP contribution in [0.5, 0.6) is 0 Å². The van der Waals surface area contributed by atoms with Crippen LogP contribution >= 0.6 is 11.3 Å². The molecule has 1 fully saturated rings. The first-order chi connectivity index (χ1) is 14.1. The second-order valence-corrected chi connectivity index (χ2v) is 10.1. The SMILES string of the molecule is O=C(Nc1ccccc1-c1ccccc1)C1CCCN(S(=O)(=O)c2cccs2)C1. The van der Waals surface area contributed by atoms with Crippen LogP contribution in [0.2, 0.25) is 0 Å². The second-order valence-electron chi connectivity index (χ2n) is 7.04. The molecule has 0 aliphatic carbocycles. The second kappa shape index (κ2) is 8.49. The van der Waals surface area contributed by atoms with Crippen LogP contribution < -0.4 is 5.32 Å². The zero-order valence-corrected chi connectivity index (χ0v) is 17.5. The van der Waals surface area contributed by atoms with Crippen LogP contribution in [0.25, 0.3) is 11.1 Å². The summed E-state index contributed by atoms with van der Waals surface area (Å²) in [5.41, 5.74) is 2.70. The average Bonchev–Trinajstić information content (AvgIpc) is 3.31. The smallest absolute Gasteiger partial charge is 0.252 e. The van der Waals surface area contributed by atoms with Crippen molar-refractivity contribution in [2.45, 2.75) is 17.1 Å². The third-order valence-electron chi connectivity index (χ3n) is 5.11. The topological polar surface area (TPSA) is 66.5 Å². The number of benzene rings is 2. The Morgan fingerprint density at radius 2 is 1.76 bits per heavy atom. The summed E-state index contributed by atoms with van der Waals surface area (Å²) in [6.07, 6.45) is 1.35. The minimum absolute atomic E-state index is 0.139. The highest BCUT2D eigenvalue weighted by molar-refractivity contribution is 7.91. The molecule has 150 valence electrons. The molecule has 5 nitrogen and oxygen atoms in total. The van der Waals surface area contributed by atoms with Crippen molar-refractivity contribution in [1.29, 1.82) is 0 Å². The fourth-order valence-electron chi connectivity index (χ4n) is 3.61. The molecule has 1 saturated heterocycles. The van der Waals surface area contributed by atoms with Crippen molar-refractivity contribution in [3.8, 4) is 11.1 Å². The molecule has 1 aromatic heterocycles. The molecule has 0 spiro atoms. The molecular formula is C22H22N2O3S2. The van der Waals surface area contributed by atoms with E-state index < -0.39 is 10.0 Å². The van der Waals surface area contributed by atoms with E-state index in [0.29, 0.717) is 23.6 Å². The van der Waals surface area contributed by atoms with Crippen LogP contribution in [-0.4, -0.2) is 31.7 Å². The van der Waals surface area contributed by atoms with Crippen LogP contribution in [0.1, 0.15) is 12.8 Å². The molecule has 4 rings (SSSR count). The van der Waals surface area contributed by atoms with Gasteiger partial charge in [-0.3, -0.25) is 4.79 Å². The van der Waals surface area contributed by atoms with Crippen molar-refractivity contribution in [2.24, 2.45) is 5.92 Å². The predicted molar refractivity (Wildman–Crippen MR) is 116 cm³/mol. The Balaban J connectivity index is 1.51. The largest absolute Gasteiger partial charge is 0.325 e. The fraction of sp³-hybridized carbons (Fsp3) is 0.227. The van der Waals surface area contributed by atoms with Gasteiger partial charge >= 0.3 is 0 Å². The Labute approximate surface area is 175 Å². The standard InChI is InChI=1S/C22H22N2O3S2/c25-22(23-20-12-5-4-11-19(20)17-8-2-1-3-9-17)18-10-6-14-24(16-18)29(26,27)21-13-7-15-28-21/h1-5,7-9,11-13,15,18H,6,10,14,16H2,(H,23,25). The van der Waals surface area contributed by atoms with Crippen LogP contribution in [-0.2, 0) is 14.8 Å². The molecule has 0 saturated carbocycles. The number of sulfonamides is 1. The lowest BCUT2D eigenvalue weighted by molar-refractivity contribution is -0.120. The van der Waals surface area contributed by atoms with Crippen LogP contribution in [0.3, 0.4) is 0 Å². The molecule has 1 aliphatic heterocycles. The Hall–Kier alpha value is -2.48. The molecule has 29 heavy (non-hydrogen) atoms. The summed E-state index contributed by atoms with van der Waals surface area (Å²) in [5.74, 6) is -0.512. The molecule has 1 aliphatic rings. The van der Waals surface area contributed by atoms with Crippen molar-refractivity contribution in [1.82, 2.24) is 4.31 Å². The summed E-state index contributed by atoms with van der Waals surface area (Å²) in [5, 5.41) is 4.78. The van der Waals surface area contributed by atoms with Gasteiger partial charge in [-0.1, -0.05) is 54.6 Å². The number of hydrogen-bond donors (Lipinski definition) is 1. The van der Waals surface area contributed by atoms with E-state index in [9.17, 15) is 13.2 Å². The van der Waals surface area contributed by atoms with E-state index in [0.717, 1.165) is 16.8 Å². The molecular weight excluding hydrogens is 404 g/mol.